The minimum absolute atomic E-state index is 0.170. The summed E-state index contributed by atoms with van der Waals surface area (Å²) in [7, 11) is 0. The van der Waals surface area contributed by atoms with E-state index >= 15 is 0 Å². The van der Waals surface area contributed by atoms with Crippen molar-refractivity contribution in [1.29, 1.82) is 0 Å². The number of carboxylic acid groups (broad SMARTS) is 1. The van der Waals surface area contributed by atoms with E-state index in [1.165, 1.54) is 17.7 Å². The summed E-state index contributed by atoms with van der Waals surface area (Å²) in [6.45, 7) is 5.91. The highest BCUT2D eigenvalue weighted by molar-refractivity contribution is 7.17. The number of amides is 1. The van der Waals surface area contributed by atoms with Crippen molar-refractivity contribution in [2.24, 2.45) is 5.73 Å². The molecule has 2 heterocycles. The van der Waals surface area contributed by atoms with E-state index in [-0.39, 0.29) is 5.91 Å². The van der Waals surface area contributed by atoms with Crippen LogP contribution in [0.2, 0.25) is 0 Å². The average Bonchev–Trinajstić information content (AvgIpc) is 3.15. The molecule has 0 saturated heterocycles. The van der Waals surface area contributed by atoms with Crippen LogP contribution in [0.15, 0.2) is 6.33 Å². The molecule has 0 aromatic carbocycles. The number of aromatic amines is 1. The van der Waals surface area contributed by atoms with E-state index in [1.54, 1.807) is 6.92 Å². The van der Waals surface area contributed by atoms with Gasteiger partial charge in [0.1, 0.15) is 11.2 Å². The number of carbonyl (C=O) groups excluding carboxylic acids is 1. The highest BCUT2D eigenvalue weighted by Gasteiger charge is 2.38. The van der Waals surface area contributed by atoms with Crippen LogP contribution in [0.1, 0.15) is 29.2 Å². The first-order valence-corrected chi connectivity index (χ1v) is 7.85. The minimum atomic E-state index is -5.08. The number of aliphatic carboxylic acids is 1. The molecule has 0 aliphatic rings. The smallest absolute Gasteiger partial charge is 0.475 e. The van der Waals surface area contributed by atoms with Crippen LogP contribution < -0.4 is 11.1 Å². The number of nitrogens with one attached hydrogen (secondary N) is 2. The van der Waals surface area contributed by atoms with Gasteiger partial charge in [-0.3, -0.25) is 9.89 Å². The molecule has 0 saturated carbocycles. The van der Waals surface area contributed by atoms with Gasteiger partial charge in [-0.15, -0.1) is 11.3 Å². The molecule has 13 heteroatoms. The van der Waals surface area contributed by atoms with Gasteiger partial charge in [0.2, 0.25) is 0 Å². The molecule has 0 aliphatic carbocycles. The highest BCUT2D eigenvalue weighted by Crippen LogP contribution is 2.25. The molecule has 0 spiro atoms. The maximum absolute atomic E-state index is 12.2. The van der Waals surface area contributed by atoms with Gasteiger partial charge < -0.3 is 16.2 Å². The standard InChI is InChI=1S/C11H16N6OS.C2HF3O2/c1-6-7(9(18)16-11(2,3)4-12)19-10(15-6)8-13-5-14-17-8;3-2(4,5)1(6)7/h5H,4,12H2,1-3H3,(H,16,18)(H,13,14,17);(H,6,7). The summed E-state index contributed by atoms with van der Waals surface area (Å²) in [5.74, 6) is -2.37. The van der Waals surface area contributed by atoms with Crippen LogP contribution in [0.4, 0.5) is 13.2 Å². The number of hydrogen-bond acceptors (Lipinski definition) is 7. The third kappa shape index (κ3) is 6.07. The maximum Gasteiger partial charge on any atom is 0.490 e. The van der Waals surface area contributed by atoms with E-state index in [2.05, 4.69) is 25.5 Å². The molecule has 2 aromatic rings. The summed E-state index contributed by atoms with van der Waals surface area (Å²) in [6.07, 6.45) is -3.68. The molecule has 0 atom stereocenters. The number of halogens is 3. The Morgan fingerprint density at radius 2 is 1.96 bits per heavy atom. The van der Waals surface area contributed by atoms with Crippen molar-refractivity contribution in [3.63, 3.8) is 0 Å². The van der Waals surface area contributed by atoms with Crippen molar-refractivity contribution in [3.8, 4) is 10.8 Å². The first kappa shape index (κ1) is 21.5. The van der Waals surface area contributed by atoms with E-state index in [4.69, 9.17) is 15.6 Å². The van der Waals surface area contributed by atoms with E-state index in [1.807, 2.05) is 13.8 Å². The highest BCUT2D eigenvalue weighted by atomic mass is 32.1. The zero-order valence-corrected chi connectivity index (χ0v) is 14.8. The number of nitrogens with two attached hydrogens (primary N) is 1. The Bertz CT molecular complexity index is 758. The van der Waals surface area contributed by atoms with E-state index in [9.17, 15) is 18.0 Å². The molecular formula is C13H17F3N6O3S. The number of carboxylic acids is 1. The first-order chi connectivity index (χ1) is 11.9. The van der Waals surface area contributed by atoms with Crippen LogP contribution in [0.5, 0.6) is 0 Å². The topological polar surface area (TPSA) is 147 Å². The number of carbonyl (C=O) groups is 2. The molecule has 1 amide bonds. The molecule has 144 valence electrons. The fraction of sp³-hybridized carbons (Fsp3) is 0.462. The van der Waals surface area contributed by atoms with Crippen molar-refractivity contribution in [3.05, 3.63) is 16.9 Å². The molecule has 5 N–H and O–H groups in total. The van der Waals surface area contributed by atoms with Gasteiger partial charge in [-0.1, -0.05) is 0 Å². The van der Waals surface area contributed by atoms with Crippen LogP contribution in [-0.4, -0.2) is 55.4 Å². The van der Waals surface area contributed by atoms with Gasteiger partial charge in [-0.2, -0.15) is 18.3 Å². The number of thiazole rings is 1. The molecule has 0 aliphatic heterocycles. The van der Waals surface area contributed by atoms with E-state index < -0.39 is 17.7 Å². The number of alkyl halides is 3. The summed E-state index contributed by atoms with van der Waals surface area (Å²) >= 11 is 1.28. The van der Waals surface area contributed by atoms with Gasteiger partial charge in [-0.05, 0) is 20.8 Å². The summed E-state index contributed by atoms with van der Waals surface area (Å²) < 4.78 is 31.7. The predicted molar refractivity (Wildman–Crippen MR) is 86.5 cm³/mol. The third-order valence-electron chi connectivity index (χ3n) is 2.83. The number of aryl methyl sites for hydroxylation is 1. The quantitative estimate of drug-likeness (QED) is 0.612. The normalized spacial score (nSPS) is 11.5. The second-order valence-electron chi connectivity index (χ2n) is 5.61. The molecule has 0 bridgehead atoms. The van der Waals surface area contributed by atoms with Gasteiger partial charge in [-0.25, -0.2) is 14.8 Å². The molecule has 2 rings (SSSR count). The van der Waals surface area contributed by atoms with Crippen LogP contribution in [-0.2, 0) is 4.79 Å². The van der Waals surface area contributed by atoms with Gasteiger partial charge in [0.25, 0.3) is 5.91 Å². The van der Waals surface area contributed by atoms with Crippen molar-refractivity contribution in [2.75, 3.05) is 6.54 Å². The Balaban J connectivity index is 0.000000412. The fourth-order valence-electron chi connectivity index (χ4n) is 1.43. The second kappa shape index (κ2) is 8.23. The maximum atomic E-state index is 12.2. The lowest BCUT2D eigenvalue weighted by Gasteiger charge is -2.23. The van der Waals surface area contributed by atoms with Gasteiger partial charge in [0.15, 0.2) is 10.8 Å². The number of aromatic nitrogens is 4. The second-order valence-corrected chi connectivity index (χ2v) is 6.61. The Labute approximate surface area is 149 Å². The Kier molecular flexibility index (Phi) is 6.80. The molecule has 0 unspecified atom stereocenters. The SMILES string of the molecule is Cc1nc(-c2ncn[nH]2)sc1C(=O)NC(C)(C)CN.O=C(O)C(F)(F)F. The molecule has 2 aromatic heterocycles. The predicted octanol–water partition coefficient (Wildman–Crippen LogP) is 1.34. The molecule has 26 heavy (non-hydrogen) atoms. The lowest BCUT2D eigenvalue weighted by atomic mass is 10.1. The fourth-order valence-corrected chi connectivity index (χ4v) is 2.34. The van der Waals surface area contributed by atoms with Crippen LogP contribution in [0.3, 0.4) is 0 Å². The Hall–Kier alpha value is -2.54. The van der Waals surface area contributed by atoms with Crippen molar-refractivity contribution in [2.45, 2.75) is 32.5 Å². The molecule has 0 radical (unpaired) electrons. The zero-order chi connectivity index (χ0) is 20.1. The minimum Gasteiger partial charge on any atom is -0.475 e. The van der Waals surface area contributed by atoms with Crippen LogP contribution >= 0.6 is 11.3 Å². The van der Waals surface area contributed by atoms with E-state index in [0.29, 0.717) is 27.9 Å². The number of nitrogens with zero attached hydrogens (tertiary/aromatic N) is 3. The number of hydrogen-bond donors (Lipinski definition) is 4. The van der Waals surface area contributed by atoms with Crippen molar-refractivity contribution >= 4 is 23.2 Å². The summed E-state index contributed by atoms with van der Waals surface area (Å²) in [4.78, 5) is 30.0. The summed E-state index contributed by atoms with van der Waals surface area (Å²) in [5.41, 5.74) is 5.83. The van der Waals surface area contributed by atoms with Crippen molar-refractivity contribution < 1.29 is 27.9 Å². The lowest BCUT2D eigenvalue weighted by Crippen LogP contribution is -2.48. The lowest BCUT2D eigenvalue weighted by molar-refractivity contribution is -0.192. The molecule has 0 fully saturated rings. The third-order valence-corrected chi connectivity index (χ3v) is 3.99. The monoisotopic (exact) mass is 394 g/mol. The number of H-pyrrole nitrogens is 1. The van der Waals surface area contributed by atoms with Crippen molar-refractivity contribution in [1.82, 2.24) is 25.5 Å². The first-order valence-electron chi connectivity index (χ1n) is 7.03. The summed E-state index contributed by atoms with van der Waals surface area (Å²) in [6, 6.07) is 0. The summed E-state index contributed by atoms with van der Waals surface area (Å²) in [5, 5.41) is 17.1. The van der Waals surface area contributed by atoms with Gasteiger partial charge >= 0.3 is 12.1 Å². The number of rotatable bonds is 4. The Morgan fingerprint density at radius 3 is 2.38 bits per heavy atom. The largest absolute Gasteiger partial charge is 0.490 e. The van der Waals surface area contributed by atoms with Crippen LogP contribution in [0, 0.1) is 6.92 Å². The Morgan fingerprint density at radius 1 is 1.38 bits per heavy atom. The van der Waals surface area contributed by atoms with Crippen LogP contribution in [0.25, 0.3) is 10.8 Å². The zero-order valence-electron chi connectivity index (χ0n) is 14.0. The average molecular weight is 394 g/mol. The van der Waals surface area contributed by atoms with E-state index in [0.717, 1.165) is 0 Å². The molecule has 9 nitrogen and oxygen atoms in total. The molecular weight excluding hydrogens is 377 g/mol. The van der Waals surface area contributed by atoms with Gasteiger partial charge in [0.05, 0.1) is 5.69 Å². The van der Waals surface area contributed by atoms with Gasteiger partial charge in [0, 0.05) is 12.1 Å².